The van der Waals surface area contributed by atoms with E-state index >= 15 is 0 Å². The molecule has 0 aliphatic rings. The summed E-state index contributed by atoms with van der Waals surface area (Å²) in [5.74, 6) is 1.84. The number of hydrogen-bond acceptors (Lipinski definition) is 3. The Hall–Kier alpha value is -0.770. The lowest BCUT2D eigenvalue weighted by Gasteiger charge is -2.25. The summed E-state index contributed by atoms with van der Waals surface area (Å²) in [6.07, 6.45) is 4.36. The van der Waals surface area contributed by atoms with Crippen LogP contribution in [0.5, 0.6) is 5.75 Å². The van der Waals surface area contributed by atoms with Crippen LogP contribution in [0.3, 0.4) is 0 Å². The Bertz CT molecular complexity index is 344. The summed E-state index contributed by atoms with van der Waals surface area (Å²) in [4.78, 5) is 6.77. The van der Waals surface area contributed by atoms with Gasteiger partial charge in [-0.3, -0.25) is 0 Å². The van der Waals surface area contributed by atoms with Crippen molar-refractivity contribution >= 4 is 21.7 Å². The molecule has 0 aliphatic heterocycles. The second-order valence-electron chi connectivity index (χ2n) is 4.52. The molecule has 3 nitrogen and oxygen atoms in total. The van der Waals surface area contributed by atoms with Crippen molar-refractivity contribution in [3.05, 3.63) is 18.3 Å². The van der Waals surface area contributed by atoms with Gasteiger partial charge in [0.1, 0.15) is 0 Å². The smallest absolute Gasteiger partial charge is 0.171 e. The molecule has 0 spiro atoms. The lowest BCUT2D eigenvalue weighted by Crippen LogP contribution is -2.28. The maximum absolute atomic E-state index is 5.83. The van der Waals surface area contributed by atoms with E-state index in [-0.39, 0.29) is 6.10 Å². The van der Waals surface area contributed by atoms with Crippen LogP contribution in [0.15, 0.2) is 18.3 Å². The van der Waals surface area contributed by atoms with Crippen LogP contribution in [0.4, 0.5) is 5.82 Å². The van der Waals surface area contributed by atoms with Crippen molar-refractivity contribution in [2.45, 2.75) is 39.7 Å². The van der Waals surface area contributed by atoms with E-state index in [2.05, 4.69) is 32.7 Å². The summed E-state index contributed by atoms with van der Waals surface area (Å²) < 4.78 is 5.83. The molecule has 0 aromatic carbocycles. The van der Waals surface area contributed by atoms with Crippen molar-refractivity contribution in [2.75, 3.05) is 23.3 Å². The van der Waals surface area contributed by atoms with E-state index in [0.29, 0.717) is 0 Å². The summed E-state index contributed by atoms with van der Waals surface area (Å²) in [6.45, 7) is 8.25. The lowest BCUT2D eigenvalue weighted by atomic mass is 10.3. The van der Waals surface area contributed by atoms with Gasteiger partial charge in [0, 0.05) is 24.6 Å². The number of alkyl halides is 1. The number of nitrogens with zero attached hydrogens (tertiary/aromatic N) is 2. The molecule has 1 aromatic rings. The van der Waals surface area contributed by atoms with Gasteiger partial charge in [-0.1, -0.05) is 29.3 Å². The molecule has 1 aromatic heterocycles. The van der Waals surface area contributed by atoms with Crippen molar-refractivity contribution < 1.29 is 4.74 Å². The van der Waals surface area contributed by atoms with E-state index in [9.17, 15) is 0 Å². The molecule has 0 saturated heterocycles. The third-order valence-corrected chi connectivity index (χ3v) is 2.90. The topological polar surface area (TPSA) is 25.4 Å². The summed E-state index contributed by atoms with van der Waals surface area (Å²) in [6, 6.07) is 3.92. The molecule has 0 aliphatic carbocycles. The lowest BCUT2D eigenvalue weighted by molar-refractivity contribution is 0.242. The van der Waals surface area contributed by atoms with Gasteiger partial charge < -0.3 is 9.64 Å². The zero-order valence-electron chi connectivity index (χ0n) is 11.5. The molecule has 0 atom stereocenters. The quantitative estimate of drug-likeness (QED) is 0.681. The molecule has 0 unspecified atom stereocenters. The van der Waals surface area contributed by atoms with Crippen molar-refractivity contribution in [3.63, 3.8) is 0 Å². The van der Waals surface area contributed by atoms with Crippen LogP contribution in [0.25, 0.3) is 0 Å². The number of rotatable bonds is 8. The molecule has 1 heterocycles. The highest BCUT2D eigenvalue weighted by molar-refractivity contribution is 9.09. The number of hydrogen-bond donors (Lipinski definition) is 0. The van der Waals surface area contributed by atoms with Crippen molar-refractivity contribution in [2.24, 2.45) is 0 Å². The zero-order valence-corrected chi connectivity index (χ0v) is 13.1. The van der Waals surface area contributed by atoms with E-state index < -0.39 is 0 Å². The minimum atomic E-state index is 0.171. The average Bonchev–Trinajstić information content (AvgIpc) is 2.35. The van der Waals surface area contributed by atoms with Crippen LogP contribution >= 0.6 is 15.9 Å². The van der Waals surface area contributed by atoms with Gasteiger partial charge >= 0.3 is 0 Å². The van der Waals surface area contributed by atoms with Gasteiger partial charge in [0.2, 0.25) is 0 Å². The number of ether oxygens (including phenoxy) is 1. The first kappa shape index (κ1) is 15.3. The van der Waals surface area contributed by atoms with Crippen LogP contribution in [0.2, 0.25) is 0 Å². The van der Waals surface area contributed by atoms with E-state index in [1.165, 1.54) is 12.8 Å². The highest BCUT2D eigenvalue weighted by atomic mass is 79.9. The van der Waals surface area contributed by atoms with E-state index in [1.54, 1.807) is 0 Å². The zero-order chi connectivity index (χ0) is 13.4. The highest BCUT2D eigenvalue weighted by Gasteiger charge is 2.13. The van der Waals surface area contributed by atoms with Crippen molar-refractivity contribution in [3.8, 4) is 5.75 Å². The van der Waals surface area contributed by atoms with Crippen LogP contribution in [0, 0.1) is 0 Å². The van der Waals surface area contributed by atoms with E-state index in [4.69, 9.17) is 4.74 Å². The third-order valence-electron chi connectivity index (χ3n) is 2.55. The Morgan fingerprint density at radius 2 is 2.17 bits per heavy atom. The van der Waals surface area contributed by atoms with E-state index in [0.717, 1.165) is 30.0 Å². The Morgan fingerprint density at radius 3 is 2.78 bits per heavy atom. The van der Waals surface area contributed by atoms with Crippen LogP contribution < -0.4 is 9.64 Å². The molecule has 102 valence electrons. The molecule has 4 heteroatoms. The molecule has 1 rings (SSSR count). The van der Waals surface area contributed by atoms with Gasteiger partial charge in [0.25, 0.3) is 0 Å². The number of anilines is 1. The molecule has 0 amide bonds. The maximum atomic E-state index is 5.83. The first-order valence-corrected chi connectivity index (χ1v) is 7.73. The summed E-state index contributed by atoms with van der Waals surface area (Å²) >= 11 is 3.50. The van der Waals surface area contributed by atoms with Gasteiger partial charge in [0.05, 0.1) is 6.10 Å². The molecule has 0 bridgehead atoms. The molecular formula is C14H23BrN2O. The molecule has 0 saturated carbocycles. The predicted octanol–water partition coefficient (Wildman–Crippen LogP) is 3.87. The summed E-state index contributed by atoms with van der Waals surface area (Å²) in [5.41, 5.74) is 0. The van der Waals surface area contributed by atoms with Crippen LogP contribution in [-0.2, 0) is 0 Å². The van der Waals surface area contributed by atoms with Gasteiger partial charge in [-0.15, -0.1) is 0 Å². The molecule has 0 radical (unpaired) electrons. The predicted molar refractivity (Wildman–Crippen MR) is 80.9 cm³/mol. The Labute approximate surface area is 119 Å². The highest BCUT2D eigenvalue weighted by Crippen LogP contribution is 2.26. The first-order chi connectivity index (χ1) is 8.69. The maximum Gasteiger partial charge on any atom is 0.171 e. The number of pyridine rings is 1. The fraction of sp³-hybridized carbons (Fsp3) is 0.643. The normalized spacial score (nSPS) is 10.7. The standard InChI is InChI=1S/C14H23BrN2O/c1-4-5-10-17(11-8-15)14-13(18-12(2)3)7-6-9-16-14/h6-7,9,12H,4-5,8,10-11H2,1-3H3. The Morgan fingerprint density at radius 1 is 1.39 bits per heavy atom. The second kappa shape index (κ2) is 8.35. The summed E-state index contributed by atoms with van der Waals surface area (Å²) in [5, 5.41) is 0.939. The molecule has 18 heavy (non-hydrogen) atoms. The average molecular weight is 315 g/mol. The second-order valence-corrected chi connectivity index (χ2v) is 5.31. The molecular weight excluding hydrogens is 292 g/mol. The van der Waals surface area contributed by atoms with Gasteiger partial charge in [-0.2, -0.15) is 0 Å². The van der Waals surface area contributed by atoms with Crippen LogP contribution in [0.1, 0.15) is 33.6 Å². The fourth-order valence-corrected chi connectivity index (χ4v) is 2.17. The molecule has 0 N–H and O–H groups in total. The SMILES string of the molecule is CCCCN(CCBr)c1ncccc1OC(C)C. The van der Waals surface area contributed by atoms with Gasteiger partial charge in [0.15, 0.2) is 11.6 Å². The Kier molecular flexibility index (Phi) is 7.09. The minimum absolute atomic E-state index is 0.171. The van der Waals surface area contributed by atoms with Crippen molar-refractivity contribution in [1.82, 2.24) is 4.98 Å². The number of unbranched alkanes of at least 4 members (excludes halogenated alkanes) is 1. The number of halogens is 1. The minimum Gasteiger partial charge on any atom is -0.487 e. The number of aromatic nitrogens is 1. The first-order valence-electron chi connectivity index (χ1n) is 6.61. The Balaban J connectivity index is 2.87. The van der Waals surface area contributed by atoms with Gasteiger partial charge in [-0.05, 0) is 32.4 Å². The van der Waals surface area contributed by atoms with E-state index in [1.807, 2.05) is 32.2 Å². The largest absolute Gasteiger partial charge is 0.487 e. The summed E-state index contributed by atoms with van der Waals surface area (Å²) in [7, 11) is 0. The van der Waals surface area contributed by atoms with Crippen LogP contribution in [-0.4, -0.2) is 29.5 Å². The van der Waals surface area contributed by atoms with Crippen molar-refractivity contribution in [1.29, 1.82) is 0 Å². The molecule has 0 fully saturated rings. The van der Waals surface area contributed by atoms with Gasteiger partial charge in [-0.25, -0.2) is 4.98 Å². The fourth-order valence-electron chi connectivity index (χ4n) is 1.74. The third kappa shape index (κ3) is 4.84. The monoisotopic (exact) mass is 314 g/mol.